The second-order valence-electron chi connectivity index (χ2n) is 8.80. The maximum Gasteiger partial charge on any atom is 0.266 e. The van der Waals surface area contributed by atoms with Gasteiger partial charge in [-0.05, 0) is 67.4 Å². The number of nitrogens with zero attached hydrogens (tertiary/aromatic N) is 2. The standard InChI is InChI=1S/C29H25N5O3S/c1-18-8-6-7-11-23(18)33-27(36)26-19(2)25-28(38-26)30-17-34(29(25)37)16-24(35)32-22-14-12-21(13-15-22)31-20-9-4-3-5-10-20/h3-15,17,31H,16H2,1-2H3,(H,32,35)(H,33,36). The number of aromatic nitrogens is 2. The Bertz CT molecular complexity index is 1690. The van der Waals surface area contributed by atoms with E-state index in [1.165, 1.54) is 10.9 Å². The van der Waals surface area contributed by atoms with Crippen molar-refractivity contribution >= 4 is 56.1 Å². The second kappa shape index (κ2) is 10.7. The van der Waals surface area contributed by atoms with Gasteiger partial charge in [-0.3, -0.25) is 19.0 Å². The lowest BCUT2D eigenvalue weighted by molar-refractivity contribution is -0.116. The third kappa shape index (κ3) is 5.33. The molecule has 2 aromatic heterocycles. The quantitative estimate of drug-likeness (QED) is 0.253. The normalized spacial score (nSPS) is 10.8. The maximum atomic E-state index is 13.2. The average molecular weight is 524 g/mol. The molecule has 3 aromatic carbocycles. The number of amides is 2. The molecule has 0 unspecified atom stereocenters. The van der Waals surface area contributed by atoms with Gasteiger partial charge in [-0.1, -0.05) is 36.4 Å². The van der Waals surface area contributed by atoms with E-state index in [2.05, 4.69) is 20.9 Å². The van der Waals surface area contributed by atoms with Gasteiger partial charge in [-0.25, -0.2) is 4.98 Å². The first-order chi connectivity index (χ1) is 18.4. The number of anilines is 4. The molecule has 0 spiro atoms. The number of fused-ring (bicyclic) bond motifs is 1. The van der Waals surface area contributed by atoms with Crippen LogP contribution in [-0.4, -0.2) is 21.4 Å². The summed E-state index contributed by atoms with van der Waals surface area (Å²) in [6.45, 7) is 3.44. The molecule has 8 nitrogen and oxygen atoms in total. The first kappa shape index (κ1) is 24.9. The third-order valence-electron chi connectivity index (χ3n) is 6.06. The van der Waals surface area contributed by atoms with Crippen molar-refractivity contribution in [2.45, 2.75) is 20.4 Å². The summed E-state index contributed by atoms with van der Waals surface area (Å²) in [4.78, 5) is 44.1. The predicted molar refractivity (Wildman–Crippen MR) is 153 cm³/mol. The van der Waals surface area contributed by atoms with E-state index in [1.807, 2.05) is 73.7 Å². The fraction of sp³-hybridized carbons (Fsp3) is 0.103. The Morgan fingerprint density at radius 3 is 2.24 bits per heavy atom. The molecule has 38 heavy (non-hydrogen) atoms. The van der Waals surface area contributed by atoms with E-state index in [9.17, 15) is 14.4 Å². The van der Waals surface area contributed by atoms with Gasteiger partial charge in [0.2, 0.25) is 5.91 Å². The van der Waals surface area contributed by atoms with E-state index in [0.29, 0.717) is 32.0 Å². The highest BCUT2D eigenvalue weighted by Crippen LogP contribution is 2.28. The van der Waals surface area contributed by atoms with Gasteiger partial charge in [0.15, 0.2) is 0 Å². The number of hydrogen-bond acceptors (Lipinski definition) is 6. The molecule has 0 radical (unpaired) electrons. The molecule has 3 N–H and O–H groups in total. The zero-order chi connectivity index (χ0) is 26.6. The van der Waals surface area contributed by atoms with Crippen LogP contribution in [0.3, 0.4) is 0 Å². The molecule has 2 amide bonds. The van der Waals surface area contributed by atoms with Gasteiger partial charge in [0.25, 0.3) is 11.5 Å². The van der Waals surface area contributed by atoms with E-state index in [-0.39, 0.29) is 23.9 Å². The first-order valence-electron chi connectivity index (χ1n) is 12.0. The van der Waals surface area contributed by atoms with Gasteiger partial charge >= 0.3 is 0 Å². The number of aryl methyl sites for hydroxylation is 2. The molecule has 5 rings (SSSR count). The number of thiophene rings is 1. The number of para-hydroxylation sites is 2. The number of carbonyl (C=O) groups excluding carboxylic acids is 2. The van der Waals surface area contributed by atoms with Crippen LogP contribution in [0.1, 0.15) is 20.8 Å². The zero-order valence-corrected chi connectivity index (χ0v) is 21.6. The smallest absolute Gasteiger partial charge is 0.266 e. The van der Waals surface area contributed by atoms with Crippen LogP contribution in [0.2, 0.25) is 0 Å². The number of nitrogens with one attached hydrogen (secondary N) is 3. The Hall–Kier alpha value is -4.76. The van der Waals surface area contributed by atoms with Crippen molar-refractivity contribution in [2.24, 2.45) is 0 Å². The van der Waals surface area contributed by atoms with Gasteiger partial charge in [0.1, 0.15) is 11.4 Å². The summed E-state index contributed by atoms with van der Waals surface area (Å²) >= 11 is 1.16. The summed E-state index contributed by atoms with van der Waals surface area (Å²) in [6.07, 6.45) is 1.34. The van der Waals surface area contributed by atoms with E-state index in [0.717, 1.165) is 28.3 Å². The van der Waals surface area contributed by atoms with Crippen LogP contribution in [0.5, 0.6) is 0 Å². The molecule has 0 saturated heterocycles. The minimum atomic E-state index is -0.365. The van der Waals surface area contributed by atoms with E-state index in [4.69, 9.17) is 0 Å². The molecule has 5 aromatic rings. The lowest BCUT2D eigenvalue weighted by Crippen LogP contribution is -2.28. The van der Waals surface area contributed by atoms with Gasteiger partial charge in [-0.2, -0.15) is 0 Å². The lowest BCUT2D eigenvalue weighted by atomic mass is 10.2. The molecule has 0 bridgehead atoms. The molecule has 2 heterocycles. The van der Waals surface area contributed by atoms with Gasteiger partial charge in [0, 0.05) is 22.7 Å². The van der Waals surface area contributed by atoms with Crippen molar-refractivity contribution in [3.63, 3.8) is 0 Å². The molecular weight excluding hydrogens is 498 g/mol. The van der Waals surface area contributed by atoms with Crippen LogP contribution >= 0.6 is 11.3 Å². The van der Waals surface area contributed by atoms with Crippen molar-refractivity contribution in [3.8, 4) is 0 Å². The van der Waals surface area contributed by atoms with Gasteiger partial charge in [0.05, 0.1) is 16.6 Å². The number of hydrogen-bond donors (Lipinski definition) is 3. The zero-order valence-electron chi connectivity index (χ0n) is 20.8. The average Bonchev–Trinajstić information content (AvgIpc) is 3.26. The number of rotatable bonds is 7. The second-order valence-corrected chi connectivity index (χ2v) is 9.80. The Kier molecular flexibility index (Phi) is 7.01. The molecule has 0 aliphatic heterocycles. The minimum Gasteiger partial charge on any atom is -0.356 e. The van der Waals surface area contributed by atoms with Gasteiger partial charge in [-0.15, -0.1) is 11.3 Å². The summed E-state index contributed by atoms with van der Waals surface area (Å²) in [7, 11) is 0. The van der Waals surface area contributed by atoms with Crippen LogP contribution in [0.25, 0.3) is 10.2 Å². The van der Waals surface area contributed by atoms with Crippen molar-refractivity contribution in [1.29, 1.82) is 0 Å². The summed E-state index contributed by atoms with van der Waals surface area (Å²) in [5.41, 5.74) is 4.29. The van der Waals surface area contributed by atoms with Gasteiger partial charge < -0.3 is 16.0 Å². The molecule has 0 atom stereocenters. The van der Waals surface area contributed by atoms with Crippen LogP contribution < -0.4 is 21.5 Å². The Morgan fingerprint density at radius 1 is 0.842 bits per heavy atom. The summed E-state index contributed by atoms with van der Waals surface area (Å²) in [5, 5.41) is 9.35. The highest BCUT2D eigenvalue weighted by molar-refractivity contribution is 7.20. The summed E-state index contributed by atoms with van der Waals surface area (Å²) < 4.78 is 1.26. The monoisotopic (exact) mass is 523 g/mol. The first-order valence-corrected chi connectivity index (χ1v) is 12.8. The van der Waals surface area contributed by atoms with Crippen molar-refractivity contribution in [3.05, 3.63) is 112 Å². The fourth-order valence-corrected chi connectivity index (χ4v) is 5.10. The van der Waals surface area contributed by atoms with Crippen molar-refractivity contribution < 1.29 is 9.59 Å². The lowest BCUT2D eigenvalue weighted by Gasteiger charge is -2.09. The molecule has 0 saturated carbocycles. The predicted octanol–water partition coefficient (Wildman–Crippen LogP) is 5.71. The van der Waals surface area contributed by atoms with Crippen LogP contribution in [-0.2, 0) is 11.3 Å². The molecule has 0 fully saturated rings. The fourth-order valence-electron chi connectivity index (χ4n) is 4.06. The van der Waals surface area contributed by atoms with E-state index >= 15 is 0 Å². The maximum absolute atomic E-state index is 13.2. The Morgan fingerprint density at radius 2 is 1.50 bits per heavy atom. The van der Waals surface area contributed by atoms with Crippen molar-refractivity contribution in [2.75, 3.05) is 16.0 Å². The van der Waals surface area contributed by atoms with Crippen LogP contribution in [0.15, 0.2) is 90.0 Å². The number of benzene rings is 3. The summed E-state index contributed by atoms with van der Waals surface area (Å²) in [5.74, 6) is -0.656. The molecule has 0 aliphatic rings. The highest BCUT2D eigenvalue weighted by Gasteiger charge is 2.20. The van der Waals surface area contributed by atoms with E-state index < -0.39 is 0 Å². The van der Waals surface area contributed by atoms with E-state index in [1.54, 1.807) is 19.1 Å². The topological polar surface area (TPSA) is 105 Å². The number of carbonyl (C=O) groups is 2. The highest BCUT2D eigenvalue weighted by atomic mass is 32.1. The SMILES string of the molecule is Cc1ccccc1NC(=O)c1sc2ncn(CC(=O)Nc3ccc(Nc4ccccc4)cc3)c(=O)c2c1C. The largest absolute Gasteiger partial charge is 0.356 e. The molecule has 9 heteroatoms. The van der Waals surface area contributed by atoms with Crippen LogP contribution in [0, 0.1) is 13.8 Å². The van der Waals surface area contributed by atoms with Crippen LogP contribution in [0.4, 0.5) is 22.7 Å². The Labute approximate surface area is 223 Å². The summed E-state index contributed by atoms with van der Waals surface area (Å²) in [6, 6.07) is 24.6. The molecular formula is C29H25N5O3S. The Balaban J connectivity index is 1.29. The third-order valence-corrected chi connectivity index (χ3v) is 7.26. The van der Waals surface area contributed by atoms with Crippen molar-refractivity contribution in [1.82, 2.24) is 9.55 Å². The minimum absolute atomic E-state index is 0.203. The molecule has 0 aliphatic carbocycles. The molecule has 190 valence electrons.